The molecule has 0 amide bonds. The number of nitrogens with zero attached hydrogens (tertiary/aromatic N) is 3. The number of hydrogen-bond acceptors (Lipinski definition) is 2. The second-order valence-corrected chi connectivity index (χ2v) is 4.05. The Morgan fingerprint density at radius 3 is 3.06 bits per heavy atom. The van der Waals surface area contributed by atoms with Crippen LogP contribution < -0.4 is 0 Å². The second kappa shape index (κ2) is 4.96. The van der Waals surface area contributed by atoms with Crippen LogP contribution in [0.3, 0.4) is 0 Å². The fourth-order valence-corrected chi connectivity index (χ4v) is 1.86. The van der Waals surface area contributed by atoms with Crippen LogP contribution in [-0.2, 0) is 13.5 Å². The van der Waals surface area contributed by atoms with Crippen LogP contribution in [0.25, 0.3) is 0 Å². The van der Waals surface area contributed by atoms with Gasteiger partial charge in [0.05, 0.1) is 6.33 Å². The Hall–Kier alpha value is -1.58. The van der Waals surface area contributed by atoms with Crippen molar-refractivity contribution in [1.29, 1.82) is 0 Å². The Bertz CT molecular complexity index is 416. The molecule has 2 aromatic rings. The van der Waals surface area contributed by atoms with Gasteiger partial charge in [0.2, 0.25) is 0 Å². The Labute approximate surface area is 95.7 Å². The first kappa shape index (κ1) is 10.9. The predicted molar refractivity (Wildman–Crippen MR) is 62.8 cm³/mol. The predicted octanol–water partition coefficient (Wildman–Crippen LogP) is 2.08. The molecule has 0 bridgehead atoms. The van der Waals surface area contributed by atoms with E-state index in [0.29, 0.717) is 5.92 Å². The molecular weight excluding hydrogens is 200 g/mol. The quantitative estimate of drug-likeness (QED) is 0.833. The van der Waals surface area contributed by atoms with Gasteiger partial charge in [-0.25, -0.2) is 9.97 Å². The summed E-state index contributed by atoms with van der Waals surface area (Å²) in [5.41, 5.74) is 1.19. The van der Waals surface area contributed by atoms with Crippen LogP contribution in [0.1, 0.15) is 30.3 Å². The maximum absolute atomic E-state index is 4.20. The number of aromatic amines is 1. The summed E-state index contributed by atoms with van der Waals surface area (Å²) in [5.74, 6) is 1.36. The molecule has 4 nitrogen and oxygen atoms in total. The third-order valence-electron chi connectivity index (χ3n) is 2.79. The highest BCUT2D eigenvalue weighted by Gasteiger charge is 2.09. The van der Waals surface area contributed by atoms with E-state index in [4.69, 9.17) is 0 Å². The van der Waals surface area contributed by atoms with Crippen molar-refractivity contribution in [3.8, 4) is 0 Å². The van der Waals surface area contributed by atoms with Gasteiger partial charge in [-0.2, -0.15) is 0 Å². The van der Waals surface area contributed by atoms with Gasteiger partial charge in [0.1, 0.15) is 5.82 Å². The van der Waals surface area contributed by atoms with Crippen LogP contribution in [0.2, 0.25) is 0 Å². The molecule has 4 heteroatoms. The molecule has 85 valence electrons. The number of H-pyrrole nitrogens is 1. The van der Waals surface area contributed by atoms with Crippen molar-refractivity contribution < 1.29 is 0 Å². The molecular formula is C12H17N4. The highest BCUT2D eigenvalue weighted by atomic mass is 15.0. The molecule has 0 aromatic carbocycles. The third-order valence-corrected chi connectivity index (χ3v) is 2.79. The second-order valence-electron chi connectivity index (χ2n) is 4.05. The molecule has 1 N–H and O–H groups in total. The summed E-state index contributed by atoms with van der Waals surface area (Å²) in [7, 11) is 2.01. The summed E-state index contributed by atoms with van der Waals surface area (Å²) in [6.45, 7) is 4.17. The van der Waals surface area contributed by atoms with Crippen LogP contribution in [-0.4, -0.2) is 19.5 Å². The normalized spacial score (nSPS) is 12.9. The number of aromatic nitrogens is 4. The van der Waals surface area contributed by atoms with E-state index in [1.165, 1.54) is 5.69 Å². The molecule has 2 heterocycles. The number of nitrogens with one attached hydrogen (secondary N) is 1. The lowest BCUT2D eigenvalue weighted by Gasteiger charge is -2.10. The number of hydrogen-bond donors (Lipinski definition) is 1. The number of aryl methyl sites for hydroxylation is 2. The van der Waals surface area contributed by atoms with Crippen LogP contribution in [0.15, 0.2) is 24.9 Å². The molecule has 0 spiro atoms. The Balaban J connectivity index is 1.80. The van der Waals surface area contributed by atoms with Gasteiger partial charge in [-0.3, -0.25) is 0 Å². The topological polar surface area (TPSA) is 46.5 Å². The fraction of sp³-hybridized carbons (Fsp3) is 0.417. The molecule has 0 saturated carbocycles. The molecule has 0 aliphatic heterocycles. The summed E-state index contributed by atoms with van der Waals surface area (Å²) in [5, 5.41) is 0. The van der Waals surface area contributed by atoms with Gasteiger partial charge in [0, 0.05) is 43.7 Å². The van der Waals surface area contributed by atoms with Crippen LogP contribution in [0, 0.1) is 6.92 Å². The fourth-order valence-electron chi connectivity index (χ4n) is 1.86. The average Bonchev–Trinajstić information content (AvgIpc) is 2.88. The highest BCUT2D eigenvalue weighted by Crippen LogP contribution is 2.19. The van der Waals surface area contributed by atoms with Crippen molar-refractivity contribution in [1.82, 2.24) is 19.5 Å². The standard InChI is InChI=1S/C12H17N4/c1-10(11-8-13-9-16(11)2)4-3-5-12-14-6-7-15-12/h6-10H,1,3-5H2,2H3,(H,14,15). The molecule has 2 rings (SSSR count). The molecule has 1 atom stereocenters. The van der Waals surface area contributed by atoms with Crippen molar-refractivity contribution >= 4 is 0 Å². The van der Waals surface area contributed by atoms with Crippen molar-refractivity contribution in [2.75, 3.05) is 0 Å². The van der Waals surface area contributed by atoms with Gasteiger partial charge < -0.3 is 9.55 Å². The lowest BCUT2D eigenvalue weighted by molar-refractivity contribution is 0.628. The van der Waals surface area contributed by atoms with E-state index in [9.17, 15) is 0 Å². The summed E-state index contributed by atoms with van der Waals surface area (Å²) in [6.07, 6.45) is 10.5. The van der Waals surface area contributed by atoms with Crippen LogP contribution in [0.4, 0.5) is 0 Å². The average molecular weight is 217 g/mol. The van der Waals surface area contributed by atoms with Gasteiger partial charge in [-0.05, 0) is 19.8 Å². The minimum atomic E-state index is 0.308. The SMILES string of the molecule is [CH2]C(CCCc1ncc[nH]1)c1cncn1C. The van der Waals surface area contributed by atoms with Crippen molar-refractivity contribution in [2.24, 2.45) is 7.05 Å². The van der Waals surface area contributed by atoms with Crippen molar-refractivity contribution in [3.05, 3.63) is 43.4 Å². The van der Waals surface area contributed by atoms with E-state index in [2.05, 4.69) is 21.9 Å². The number of rotatable bonds is 5. The third kappa shape index (κ3) is 2.51. The Morgan fingerprint density at radius 2 is 2.44 bits per heavy atom. The molecule has 16 heavy (non-hydrogen) atoms. The highest BCUT2D eigenvalue weighted by molar-refractivity contribution is 5.07. The zero-order valence-electron chi connectivity index (χ0n) is 9.56. The monoisotopic (exact) mass is 217 g/mol. The van der Waals surface area contributed by atoms with Gasteiger partial charge >= 0.3 is 0 Å². The van der Waals surface area contributed by atoms with Gasteiger partial charge in [-0.15, -0.1) is 0 Å². The molecule has 0 aliphatic rings. The van der Waals surface area contributed by atoms with E-state index in [1.54, 1.807) is 6.20 Å². The summed E-state index contributed by atoms with van der Waals surface area (Å²) in [4.78, 5) is 11.4. The molecule has 1 radical (unpaired) electrons. The zero-order chi connectivity index (χ0) is 11.4. The minimum Gasteiger partial charge on any atom is -0.349 e. The minimum absolute atomic E-state index is 0.308. The molecule has 0 aliphatic carbocycles. The smallest absolute Gasteiger partial charge is 0.105 e. The molecule has 0 fully saturated rings. The van der Waals surface area contributed by atoms with Crippen LogP contribution >= 0.6 is 0 Å². The molecule has 2 aromatic heterocycles. The van der Waals surface area contributed by atoms with Crippen molar-refractivity contribution in [2.45, 2.75) is 25.2 Å². The first-order valence-electron chi connectivity index (χ1n) is 5.55. The largest absolute Gasteiger partial charge is 0.349 e. The van der Waals surface area contributed by atoms with Crippen molar-refractivity contribution in [3.63, 3.8) is 0 Å². The Morgan fingerprint density at radius 1 is 1.56 bits per heavy atom. The van der Waals surface area contributed by atoms with E-state index in [0.717, 1.165) is 25.1 Å². The van der Waals surface area contributed by atoms with E-state index >= 15 is 0 Å². The van der Waals surface area contributed by atoms with E-state index < -0.39 is 0 Å². The maximum atomic E-state index is 4.20. The summed E-state index contributed by atoms with van der Waals surface area (Å²) >= 11 is 0. The van der Waals surface area contributed by atoms with E-state index in [1.807, 2.05) is 30.3 Å². The maximum Gasteiger partial charge on any atom is 0.105 e. The van der Waals surface area contributed by atoms with Crippen LogP contribution in [0.5, 0.6) is 0 Å². The summed E-state index contributed by atoms with van der Waals surface area (Å²) < 4.78 is 2.03. The molecule has 0 saturated heterocycles. The lowest BCUT2D eigenvalue weighted by Crippen LogP contribution is -2.02. The Kier molecular flexibility index (Phi) is 3.39. The molecule has 1 unspecified atom stereocenters. The summed E-state index contributed by atoms with van der Waals surface area (Å²) in [6, 6.07) is 0. The van der Waals surface area contributed by atoms with E-state index in [-0.39, 0.29) is 0 Å². The zero-order valence-corrected chi connectivity index (χ0v) is 9.56. The van der Waals surface area contributed by atoms with Gasteiger partial charge in [0.25, 0.3) is 0 Å². The number of imidazole rings is 2. The van der Waals surface area contributed by atoms with Gasteiger partial charge in [-0.1, -0.05) is 0 Å². The first-order valence-corrected chi connectivity index (χ1v) is 5.55. The van der Waals surface area contributed by atoms with Gasteiger partial charge in [0.15, 0.2) is 0 Å². The first-order chi connectivity index (χ1) is 7.77. The lowest BCUT2D eigenvalue weighted by atomic mass is 10.0.